The van der Waals surface area contributed by atoms with Gasteiger partial charge in [-0.3, -0.25) is 0 Å². The van der Waals surface area contributed by atoms with Crippen molar-refractivity contribution in [2.75, 3.05) is 20.3 Å². The highest BCUT2D eigenvalue weighted by Crippen LogP contribution is 2.15. The summed E-state index contributed by atoms with van der Waals surface area (Å²) in [5, 5.41) is 8.64. The number of rotatable bonds is 7. The summed E-state index contributed by atoms with van der Waals surface area (Å²) < 4.78 is 24.6. The fraction of sp³-hybridized carbons (Fsp3) is 0.529. The van der Waals surface area contributed by atoms with Gasteiger partial charge >= 0.3 is 0 Å². The predicted octanol–water partition coefficient (Wildman–Crippen LogP) is 2.89. The molecule has 0 amide bonds. The molecule has 3 nitrogen and oxygen atoms in total. The zero-order chi connectivity index (χ0) is 15.7. The van der Waals surface area contributed by atoms with Gasteiger partial charge in [-0.05, 0) is 32.4 Å². The lowest BCUT2D eigenvalue weighted by Crippen LogP contribution is -2.24. The maximum absolute atomic E-state index is 13.9. The number of halogens is 1. The number of ether oxygens (including phenoxy) is 2. The second-order valence-corrected chi connectivity index (χ2v) is 5.35. The number of methoxy groups -OCH3 is 1. The third-order valence-corrected chi connectivity index (χ3v) is 3.18. The Morgan fingerprint density at radius 3 is 2.71 bits per heavy atom. The first-order valence-corrected chi connectivity index (χ1v) is 6.99. The zero-order valence-electron chi connectivity index (χ0n) is 12.9. The summed E-state index contributed by atoms with van der Waals surface area (Å²) in [6.45, 7) is 4.72. The Hall–Kier alpha value is -1.41. The maximum atomic E-state index is 13.9. The van der Waals surface area contributed by atoms with Gasteiger partial charge in [0, 0.05) is 31.3 Å². The summed E-state index contributed by atoms with van der Waals surface area (Å²) in [6.07, 6.45) is 1.14. The van der Waals surface area contributed by atoms with Crippen LogP contribution < -0.4 is 0 Å². The van der Waals surface area contributed by atoms with Crippen LogP contribution in [0.2, 0.25) is 0 Å². The van der Waals surface area contributed by atoms with Crippen molar-refractivity contribution in [1.29, 1.82) is 0 Å². The van der Waals surface area contributed by atoms with E-state index in [9.17, 15) is 4.39 Å². The first-order chi connectivity index (χ1) is 9.98. The standard InChI is InChI=1S/C17H23FO3/c1-17(2,20-3)9-11-21-13-15-8-7-14(12-16(15)18)6-4-5-10-19/h7-8,12,19H,5,9-11,13H2,1-3H3. The number of hydrogen-bond acceptors (Lipinski definition) is 3. The van der Waals surface area contributed by atoms with Crippen molar-refractivity contribution in [2.45, 2.75) is 38.9 Å². The Bertz CT molecular complexity index is 500. The average Bonchev–Trinajstić information content (AvgIpc) is 2.45. The third-order valence-electron chi connectivity index (χ3n) is 3.18. The third kappa shape index (κ3) is 6.72. The van der Waals surface area contributed by atoms with Gasteiger partial charge in [0.15, 0.2) is 0 Å². The van der Waals surface area contributed by atoms with Crippen molar-refractivity contribution in [3.8, 4) is 11.8 Å². The largest absolute Gasteiger partial charge is 0.395 e. The SMILES string of the molecule is COC(C)(C)CCOCc1ccc(C#CCCO)cc1F. The lowest BCUT2D eigenvalue weighted by molar-refractivity contribution is -0.0127. The van der Waals surface area contributed by atoms with Gasteiger partial charge in [-0.2, -0.15) is 0 Å². The smallest absolute Gasteiger partial charge is 0.129 e. The molecular weight excluding hydrogens is 271 g/mol. The van der Waals surface area contributed by atoms with Gasteiger partial charge in [-0.15, -0.1) is 0 Å². The van der Waals surface area contributed by atoms with E-state index in [1.165, 1.54) is 6.07 Å². The Kier molecular flexibility index (Phi) is 7.38. The molecule has 0 bridgehead atoms. The van der Waals surface area contributed by atoms with Crippen molar-refractivity contribution in [3.63, 3.8) is 0 Å². The first-order valence-electron chi connectivity index (χ1n) is 6.99. The van der Waals surface area contributed by atoms with Crippen molar-refractivity contribution in [3.05, 3.63) is 35.1 Å². The molecule has 4 heteroatoms. The van der Waals surface area contributed by atoms with E-state index in [0.717, 1.165) is 6.42 Å². The summed E-state index contributed by atoms with van der Waals surface area (Å²) in [7, 11) is 1.66. The first kappa shape index (κ1) is 17.6. The van der Waals surface area contributed by atoms with Gasteiger partial charge in [0.05, 0.1) is 18.8 Å². The van der Waals surface area contributed by atoms with Crippen LogP contribution >= 0.6 is 0 Å². The molecule has 1 rings (SSSR count). The predicted molar refractivity (Wildman–Crippen MR) is 80.3 cm³/mol. The van der Waals surface area contributed by atoms with Gasteiger partial charge < -0.3 is 14.6 Å². The van der Waals surface area contributed by atoms with Crippen molar-refractivity contribution in [2.24, 2.45) is 0 Å². The fourth-order valence-electron chi connectivity index (χ4n) is 1.56. The lowest BCUT2D eigenvalue weighted by Gasteiger charge is -2.22. The van der Waals surface area contributed by atoms with Gasteiger partial charge in [0.25, 0.3) is 0 Å². The van der Waals surface area contributed by atoms with Crippen LogP contribution in [-0.2, 0) is 16.1 Å². The molecule has 0 aromatic heterocycles. The van der Waals surface area contributed by atoms with E-state index in [-0.39, 0.29) is 24.6 Å². The number of aliphatic hydroxyl groups is 1. The minimum Gasteiger partial charge on any atom is -0.395 e. The minimum absolute atomic E-state index is 0.0131. The van der Waals surface area contributed by atoms with Gasteiger partial charge in [0.2, 0.25) is 0 Å². The molecular formula is C17H23FO3. The van der Waals surface area contributed by atoms with E-state index in [4.69, 9.17) is 14.6 Å². The molecule has 0 radical (unpaired) electrons. The Morgan fingerprint density at radius 2 is 2.10 bits per heavy atom. The topological polar surface area (TPSA) is 38.7 Å². The zero-order valence-corrected chi connectivity index (χ0v) is 12.9. The van der Waals surface area contributed by atoms with Gasteiger partial charge in [-0.25, -0.2) is 4.39 Å². The molecule has 0 aliphatic heterocycles. The molecule has 0 unspecified atom stereocenters. The van der Waals surface area contributed by atoms with E-state index in [1.54, 1.807) is 19.2 Å². The summed E-state index contributed by atoms with van der Waals surface area (Å²) >= 11 is 0. The second kappa shape index (κ2) is 8.78. The fourth-order valence-corrected chi connectivity index (χ4v) is 1.56. The van der Waals surface area contributed by atoms with Crippen LogP contribution in [0.25, 0.3) is 0 Å². The molecule has 1 N–H and O–H groups in total. The summed E-state index contributed by atoms with van der Waals surface area (Å²) in [4.78, 5) is 0. The summed E-state index contributed by atoms with van der Waals surface area (Å²) in [6, 6.07) is 4.83. The van der Waals surface area contributed by atoms with E-state index in [2.05, 4.69) is 11.8 Å². The Morgan fingerprint density at radius 1 is 1.33 bits per heavy atom. The molecule has 0 heterocycles. The van der Waals surface area contributed by atoms with E-state index in [1.807, 2.05) is 13.8 Å². The van der Waals surface area contributed by atoms with Crippen LogP contribution in [0.5, 0.6) is 0 Å². The van der Waals surface area contributed by atoms with Crippen LogP contribution in [0, 0.1) is 17.7 Å². The molecule has 0 spiro atoms. The van der Waals surface area contributed by atoms with E-state index >= 15 is 0 Å². The van der Waals surface area contributed by atoms with Crippen molar-refractivity contribution in [1.82, 2.24) is 0 Å². The number of hydrogen-bond donors (Lipinski definition) is 1. The van der Waals surface area contributed by atoms with Crippen LogP contribution in [-0.4, -0.2) is 31.0 Å². The number of aliphatic hydroxyl groups excluding tert-OH is 1. The maximum Gasteiger partial charge on any atom is 0.129 e. The molecule has 1 aromatic carbocycles. The summed E-state index contributed by atoms with van der Waals surface area (Å²) in [5.41, 5.74) is 0.883. The summed E-state index contributed by atoms with van der Waals surface area (Å²) in [5.74, 6) is 5.24. The molecule has 21 heavy (non-hydrogen) atoms. The second-order valence-electron chi connectivity index (χ2n) is 5.35. The van der Waals surface area contributed by atoms with Crippen molar-refractivity contribution >= 4 is 0 Å². The average molecular weight is 294 g/mol. The van der Waals surface area contributed by atoms with Crippen molar-refractivity contribution < 1.29 is 19.0 Å². The lowest BCUT2D eigenvalue weighted by atomic mass is 10.1. The highest BCUT2D eigenvalue weighted by molar-refractivity contribution is 5.36. The molecule has 0 aliphatic rings. The van der Waals surface area contributed by atoms with Gasteiger partial charge in [0.1, 0.15) is 5.82 Å². The molecule has 116 valence electrons. The Balaban J connectivity index is 2.48. The van der Waals surface area contributed by atoms with Crippen LogP contribution in [0.1, 0.15) is 37.8 Å². The van der Waals surface area contributed by atoms with Gasteiger partial charge in [-0.1, -0.05) is 17.9 Å². The molecule has 1 aromatic rings. The minimum atomic E-state index is -0.322. The highest BCUT2D eigenvalue weighted by atomic mass is 19.1. The molecule has 0 saturated heterocycles. The van der Waals surface area contributed by atoms with Crippen LogP contribution in [0.4, 0.5) is 4.39 Å². The van der Waals surface area contributed by atoms with E-state index in [0.29, 0.717) is 24.2 Å². The van der Waals surface area contributed by atoms with Crippen LogP contribution in [0.15, 0.2) is 18.2 Å². The molecule has 0 aliphatic carbocycles. The highest BCUT2D eigenvalue weighted by Gasteiger charge is 2.15. The molecule has 0 saturated carbocycles. The monoisotopic (exact) mass is 294 g/mol. The number of benzene rings is 1. The Labute approximate surface area is 126 Å². The quantitative estimate of drug-likeness (QED) is 0.621. The normalized spacial score (nSPS) is 11.1. The molecule has 0 atom stereocenters. The van der Waals surface area contributed by atoms with Crippen LogP contribution in [0.3, 0.4) is 0 Å². The van der Waals surface area contributed by atoms with E-state index < -0.39 is 0 Å². The molecule has 0 fully saturated rings.